The summed E-state index contributed by atoms with van der Waals surface area (Å²) < 4.78 is 5.86. The minimum atomic E-state index is -0.820. The van der Waals surface area contributed by atoms with Crippen molar-refractivity contribution in [3.63, 3.8) is 0 Å². The molecule has 0 aliphatic rings. The first kappa shape index (κ1) is 57.5. The monoisotopic (exact) mass is 846 g/mol. The van der Waals surface area contributed by atoms with E-state index in [1.807, 2.05) is 85.1 Å². The molecule has 0 fully saturated rings. The highest BCUT2D eigenvalue weighted by atomic mass is 16.5. The molecule has 0 aliphatic carbocycles. The lowest BCUT2D eigenvalue weighted by molar-refractivity contribution is -0.151. The summed E-state index contributed by atoms with van der Waals surface area (Å²) in [5, 5.41) is 23.7. The van der Waals surface area contributed by atoms with Crippen molar-refractivity contribution in [2.45, 2.75) is 219 Å². The Kier molecular flexibility index (Phi) is 44.9. The third-order valence-corrected chi connectivity index (χ3v) is 10.6. The topological polar surface area (TPSA) is 95.9 Å². The van der Waals surface area contributed by atoms with Crippen LogP contribution in [0.5, 0.6) is 0 Å². The molecule has 3 atom stereocenters. The van der Waals surface area contributed by atoms with Crippen molar-refractivity contribution in [1.82, 2.24) is 5.32 Å². The molecule has 0 spiro atoms. The van der Waals surface area contributed by atoms with E-state index in [1.54, 1.807) is 0 Å². The summed E-state index contributed by atoms with van der Waals surface area (Å²) in [4.78, 5) is 26.0. The van der Waals surface area contributed by atoms with Gasteiger partial charge >= 0.3 is 5.97 Å². The zero-order valence-electron chi connectivity index (χ0n) is 39.2. The predicted octanol–water partition coefficient (Wildman–Crippen LogP) is 14.7. The molecule has 0 bridgehead atoms. The van der Waals surface area contributed by atoms with Crippen LogP contribution in [0.15, 0.2) is 109 Å². The number of amides is 1. The van der Waals surface area contributed by atoms with Crippen molar-refractivity contribution in [1.29, 1.82) is 0 Å². The van der Waals surface area contributed by atoms with E-state index in [9.17, 15) is 19.8 Å². The molecule has 0 heterocycles. The van der Waals surface area contributed by atoms with Gasteiger partial charge in [-0.05, 0) is 57.8 Å². The molecular formula is C55H91NO5. The van der Waals surface area contributed by atoms with E-state index in [1.165, 1.54) is 83.5 Å². The van der Waals surface area contributed by atoms with Crippen LogP contribution in [0.3, 0.4) is 0 Å². The van der Waals surface area contributed by atoms with E-state index in [4.69, 9.17) is 4.74 Å². The molecule has 0 saturated heterocycles. The Hall–Kier alpha value is -3.48. The Morgan fingerprint density at radius 2 is 0.902 bits per heavy atom. The predicted molar refractivity (Wildman–Crippen MR) is 263 cm³/mol. The molecule has 0 saturated carbocycles. The SMILES string of the molecule is CC/C=C/C=C/C=C\C=C/C=C/CCCC(CC(=O)NC(CO)C(O)CCCCCCCCCCCCCCCCCC)OC(=O)CCCCC\C=C/C=C\C=C\C=C\CC. The minimum Gasteiger partial charge on any atom is -0.462 e. The van der Waals surface area contributed by atoms with Crippen molar-refractivity contribution < 1.29 is 24.5 Å². The highest BCUT2D eigenvalue weighted by molar-refractivity contribution is 5.77. The number of hydrogen-bond donors (Lipinski definition) is 3. The first-order valence-corrected chi connectivity index (χ1v) is 24.7. The number of hydrogen-bond acceptors (Lipinski definition) is 5. The molecule has 0 aromatic carbocycles. The number of aliphatic hydroxyl groups excluding tert-OH is 2. The molecule has 61 heavy (non-hydrogen) atoms. The van der Waals surface area contributed by atoms with Gasteiger partial charge in [0.25, 0.3) is 0 Å². The van der Waals surface area contributed by atoms with Gasteiger partial charge in [-0.2, -0.15) is 0 Å². The Morgan fingerprint density at radius 3 is 1.36 bits per heavy atom. The number of nitrogens with one attached hydrogen (secondary N) is 1. The molecule has 0 radical (unpaired) electrons. The molecule has 3 unspecified atom stereocenters. The second-order valence-corrected chi connectivity index (χ2v) is 16.3. The van der Waals surface area contributed by atoms with Crippen LogP contribution in [0.25, 0.3) is 0 Å². The summed E-state index contributed by atoms with van der Waals surface area (Å²) in [7, 11) is 0. The van der Waals surface area contributed by atoms with E-state index < -0.39 is 18.2 Å². The lowest BCUT2D eigenvalue weighted by Crippen LogP contribution is -2.46. The van der Waals surface area contributed by atoms with E-state index in [2.05, 4.69) is 50.4 Å². The summed E-state index contributed by atoms with van der Waals surface area (Å²) in [6.45, 7) is 6.16. The summed E-state index contributed by atoms with van der Waals surface area (Å²) in [5.41, 5.74) is 0. The van der Waals surface area contributed by atoms with Crippen molar-refractivity contribution in [2.24, 2.45) is 0 Å². The van der Waals surface area contributed by atoms with Crippen molar-refractivity contribution in [3.8, 4) is 0 Å². The Labute approximate surface area is 375 Å². The molecule has 6 nitrogen and oxygen atoms in total. The summed E-state index contributed by atoms with van der Waals surface area (Å²) in [5.74, 6) is -0.604. The first-order valence-electron chi connectivity index (χ1n) is 24.7. The molecule has 346 valence electrons. The fourth-order valence-corrected chi connectivity index (χ4v) is 6.88. The number of aliphatic hydroxyl groups is 2. The lowest BCUT2D eigenvalue weighted by atomic mass is 10.0. The van der Waals surface area contributed by atoms with Gasteiger partial charge in [-0.3, -0.25) is 9.59 Å². The van der Waals surface area contributed by atoms with Gasteiger partial charge in [0.2, 0.25) is 5.91 Å². The highest BCUT2D eigenvalue weighted by Crippen LogP contribution is 2.17. The van der Waals surface area contributed by atoms with Crippen LogP contribution in [0, 0.1) is 0 Å². The van der Waals surface area contributed by atoms with Gasteiger partial charge in [0.1, 0.15) is 6.10 Å². The first-order chi connectivity index (χ1) is 30.0. The largest absolute Gasteiger partial charge is 0.462 e. The van der Waals surface area contributed by atoms with Gasteiger partial charge in [-0.1, -0.05) is 239 Å². The smallest absolute Gasteiger partial charge is 0.306 e. The maximum atomic E-state index is 13.2. The number of carbonyl (C=O) groups is 2. The number of rotatable bonds is 42. The summed E-state index contributed by atoms with van der Waals surface area (Å²) in [6.07, 6.45) is 64.4. The van der Waals surface area contributed by atoms with Crippen LogP contribution in [-0.2, 0) is 14.3 Å². The second-order valence-electron chi connectivity index (χ2n) is 16.3. The maximum absolute atomic E-state index is 13.2. The van der Waals surface area contributed by atoms with E-state index in [0.29, 0.717) is 19.3 Å². The molecule has 0 rings (SSSR count). The zero-order valence-corrected chi connectivity index (χ0v) is 39.2. The van der Waals surface area contributed by atoms with Crippen LogP contribution >= 0.6 is 0 Å². The fraction of sp³-hybridized carbons (Fsp3) is 0.636. The van der Waals surface area contributed by atoms with Gasteiger partial charge in [0, 0.05) is 6.42 Å². The van der Waals surface area contributed by atoms with E-state index in [0.717, 1.165) is 70.6 Å². The van der Waals surface area contributed by atoms with Gasteiger partial charge in [-0.25, -0.2) is 0 Å². The molecule has 0 aliphatic heterocycles. The molecule has 6 heteroatoms. The van der Waals surface area contributed by atoms with Crippen LogP contribution < -0.4 is 5.32 Å². The van der Waals surface area contributed by atoms with Gasteiger partial charge in [0.15, 0.2) is 0 Å². The summed E-state index contributed by atoms with van der Waals surface area (Å²) >= 11 is 0. The maximum Gasteiger partial charge on any atom is 0.306 e. The standard InChI is InChI=1S/C55H91NO5/c1-4-7-10-13-16-19-22-25-26-27-30-32-35-38-41-44-47-53(58)52(50-57)56-54(59)49-51(46-43-40-37-34-31-28-23-20-17-14-11-8-5-2)61-55(60)48-45-42-39-36-33-29-24-21-18-15-12-9-6-3/h8-9,11-12,14-15,17-18,20-21,23-24,28-29,31,33-34,37,51-53,57-58H,4-7,10,13,16,19,22,25-27,30,32,35-36,38-50H2,1-3H3,(H,56,59)/b11-8+,12-9+,17-14+,18-15+,23-20-,24-21-,31-28-,33-29-,37-34+. The molecular weight excluding hydrogens is 755 g/mol. The number of esters is 1. The van der Waals surface area contributed by atoms with Crippen molar-refractivity contribution in [3.05, 3.63) is 109 Å². The quantitative estimate of drug-likeness (QED) is 0.0323. The van der Waals surface area contributed by atoms with E-state index >= 15 is 0 Å². The number of unbranched alkanes of at least 4 members (excludes halogenated alkanes) is 19. The molecule has 3 N–H and O–H groups in total. The van der Waals surface area contributed by atoms with Crippen molar-refractivity contribution >= 4 is 11.9 Å². The fourth-order valence-electron chi connectivity index (χ4n) is 6.88. The Morgan fingerprint density at radius 1 is 0.492 bits per heavy atom. The van der Waals surface area contributed by atoms with Crippen LogP contribution in [0.2, 0.25) is 0 Å². The Balaban J connectivity index is 4.72. The molecule has 0 aromatic heterocycles. The average molecular weight is 846 g/mol. The summed E-state index contributed by atoms with van der Waals surface area (Å²) in [6, 6.07) is -0.740. The average Bonchev–Trinajstić information content (AvgIpc) is 3.25. The third-order valence-electron chi connectivity index (χ3n) is 10.6. The van der Waals surface area contributed by atoms with Gasteiger partial charge in [-0.15, -0.1) is 0 Å². The van der Waals surface area contributed by atoms with Crippen molar-refractivity contribution in [2.75, 3.05) is 6.61 Å². The Bertz CT molecular complexity index is 1270. The van der Waals surface area contributed by atoms with Crippen LogP contribution in [0.4, 0.5) is 0 Å². The van der Waals surface area contributed by atoms with Gasteiger partial charge < -0.3 is 20.3 Å². The van der Waals surface area contributed by atoms with E-state index in [-0.39, 0.29) is 24.9 Å². The van der Waals surface area contributed by atoms with Gasteiger partial charge in [0.05, 0.1) is 25.2 Å². The zero-order chi connectivity index (χ0) is 44.5. The second kappa shape index (κ2) is 47.6. The number of allylic oxidation sites excluding steroid dienone is 18. The molecule has 0 aromatic rings. The minimum absolute atomic E-state index is 0.00573. The third kappa shape index (κ3) is 43.0. The lowest BCUT2D eigenvalue weighted by Gasteiger charge is -2.24. The molecule has 1 amide bonds. The number of carbonyl (C=O) groups excluding carboxylic acids is 2. The van der Waals surface area contributed by atoms with Crippen LogP contribution in [-0.4, -0.2) is 46.9 Å². The highest BCUT2D eigenvalue weighted by Gasteiger charge is 2.24. The normalized spacial score (nSPS) is 14.2. The number of ether oxygens (including phenoxy) is 1. The van der Waals surface area contributed by atoms with Crippen LogP contribution in [0.1, 0.15) is 201 Å².